The number of rotatable bonds is 4. The zero-order valence-corrected chi connectivity index (χ0v) is 17.2. The topological polar surface area (TPSA) is 84.4 Å². The van der Waals surface area contributed by atoms with Gasteiger partial charge in [0, 0.05) is 24.0 Å². The fraction of sp³-hybridized carbons (Fsp3) is 0.333. The van der Waals surface area contributed by atoms with Gasteiger partial charge in [0.1, 0.15) is 10.8 Å². The van der Waals surface area contributed by atoms with Crippen molar-refractivity contribution in [1.82, 2.24) is 15.1 Å². The van der Waals surface area contributed by atoms with Crippen molar-refractivity contribution >= 4 is 39.1 Å². The van der Waals surface area contributed by atoms with E-state index >= 15 is 0 Å². The average Bonchev–Trinajstić information content (AvgIpc) is 3.17. The summed E-state index contributed by atoms with van der Waals surface area (Å²) < 4.78 is 5.43. The van der Waals surface area contributed by atoms with Gasteiger partial charge in [-0.3, -0.25) is 9.59 Å². The van der Waals surface area contributed by atoms with Gasteiger partial charge in [0.25, 0.3) is 5.91 Å². The third-order valence-electron chi connectivity index (χ3n) is 5.17. The number of nitrogens with one attached hydrogen (secondary N) is 1. The van der Waals surface area contributed by atoms with E-state index in [1.54, 1.807) is 18.1 Å². The van der Waals surface area contributed by atoms with Crippen LogP contribution in [0.3, 0.4) is 0 Å². The molecule has 1 saturated heterocycles. The highest BCUT2D eigenvalue weighted by atomic mass is 32.1. The van der Waals surface area contributed by atoms with Crippen LogP contribution in [0.15, 0.2) is 36.4 Å². The number of hydrogen-bond donors (Lipinski definition) is 1. The lowest BCUT2D eigenvalue weighted by Crippen LogP contribution is -2.43. The van der Waals surface area contributed by atoms with Crippen molar-refractivity contribution in [3.63, 3.8) is 0 Å². The molecule has 150 valence electrons. The normalized spacial score (nSPS) is 16.6. The van der Waals surface area contributed by atoms with Crippen molar-refractivity contribution in [2.75, 3.05) is 25.5 Å². The third-order valence-corrected chi connectivity index (χ3v) is 5.92. The van der Waals surface area contributed by atoms with Crippen molar-refractivity contribution in [3.8, 4) is 5.75 Å². The van der Waals surface area contributed by atoms with Crippen LogP contribution in [0.5, 0.6) is 5.75 Å². The number of likely N-dealkylation sites (tertiary alicyclic amines) is 1. The maximum Gasteiger partial charge on any atom is 0.254 e. The smallest absolute Gasteiger partial charge is 0.254 e. The first-order valence-corrected chi connectivity index (χ1v) is 10.3. The van der Waals surface area contributed by atoms with E-state index in [0.29, 0.717) is 23.8 Å². The van der Waals surface area contributed by atoms with E-state index in [9.17, 15) is 9.59 Å². The van der Waals surface area contributed by atoms with Gasteiger partial charge in [-0.2, -0.15) is 0 Å². The van der Waals surface area contributed by atoms with Gasteiger partial charge < -0.3 is 15.0 Å². The molecule has 0 saturated carbocycles. The lowest BCUT2D eigenvalue weighted by molar-refractivity contribution is -0.121. The molecule has 1 N–H and O–H groups in total. The van der Waals surface area contributed by atoms with Gasteiger partial charge in [0.15, 0.2) is 0 Å². The van der Waals surface area contributed by atoms with Crippen molar-refractivity contribution in [3.05, 3.63) is 47.0 Å². The van der Waals surface area contributed by atoms with E-state index < -0.39 is 0 Å². The summed E-state index contributed by atoms with van der Waals surface area (Å²) in [4.78, 5) is 27.7. The monoisotopic (exact) mass is 410 g/mol. The average molecular weight is 410 g/mol. The minimum Gasteiger partial charge on any atom is -0.496 e. The number of aromatic nitrogens is 2. The minimum atomic E-state index is -0.263. The molecule has 1 fully saturated rings. The Morgan fingerprint density at radius 2 is 1.97 bits per heavy atom. The van der Waals surface area contributed by atoms with Gasteiger partial charge in [-0.05, 0) is 37.3 Å². The molecule has 8 heteroatoms. The summed E-state index contributed by atoms with van der Waals surface area (Å²) in [6.07, 6.45) is 1.53. The standard InChI is InChI=1S/C21H22N4O3S/c1-13-23-24-21(29-13)22-19(26)14-6-5-11-25(12-14)20(27)17-9-10-18(28-2)16-8-4-3-7-15(16)17/h3-4,7-10,14H,5-6,11-12H2,1-2H3,(H,22,24,26). The van der Waals surface area contributed by atoms with Gasteiger partial charge >= 0.3 is 0 Å². The van der Waals surface area contributed by atoms with Gasteiger partial charge in [-0.1, -0.05) is 35.6 Å². The second-order valence-electron chi connectivity index (χ2n) is 7.07. The molecule has 2 aromatic carbocycles. The fourth-order valence-electron chi connectivity index (χ4n) is 3.74. The summed E-state index contributed by atoms with van der Waals surface area (Å²) in [5.74, 6) is 0.299. The Hall–Kier alpha value is -3.00. The van der Waals surface area contributed by atoms with Gasteiger partial charge in [0.2, 0.25) is 11.0 Å². The van der Waals surface area contributed by atoms with Crippen LogP contribution in [0.4, 0.5) is 5.13 Å². The van der Waals surface area contributed by atoms with Crippen molar-refractivity contribution in [1.29, 1.82) is 0 Å². The Kier molecular flexibility index (Phi) is 5.44. The van der Waals surface area contributed by atoms with E-state index in [2.05, 4.69) is 15.5 Å². The highest BCUT2D eigenvalue weighted by Gasteiger charge is 2.30. The fourth-order valence-corrected chi connectivity index (χ4v) is 4.33. The Balaban J connectivity index is 1.53. The molecular weight excluding hydrogens is 388 g/mol. The number of carbonyl (C=O) groups is 2. The molecule has 2 heterocycles. The lowest BCUT2D eigenvalue weighted by Gasteiger charge is -2.32. The molecule has 4 rings (SSSR count). The van der Waals surface area contributed by atoms with E-state index in [1.165, 1.54) is 11.3 Å². The summed E-state index contributed by atoms with van der Waals surface area (Å²) in [6, 6.07) is 11.3. The molecular formula is C21H22N4O3S. The first-order valence-electron chi connectivity index (χ1n) is 9.53. The number of ether oxygens (including phenoxy) is 1. The highest BCUT2D eigenvalue weighted by Crippen LogP contribution is 2.30. The summed E-state index contributed by atoms with van der Waals surface area (Å²) in [6.45, 7) is 2.87. The van der Waals surface area contributed by atoms with Crippen LogP contribution in [-0.2, 0) is 4.79 Å². The van der Waals surface area contributed by atoms with E-state index in [-0.39, 0.29) is 17.7 Å². The van der Waals surface area contributed by atoms with Crippen LogP contribution >= 0.6 is 11.3 Å². The number of anilines is 1. The molecule has 1 unspecified atom stereocenters. The van der Waals surface area contributed by atoms with E-state index in [1.807, 2.05) is 37.3 Å². The number of hydrogen-bond acceptors (Lipinski definition) is 6. The number of fused-ring (bicyclic) bond motifs is 1. The number of piperidine rings is 1. The molecule has 0 aliphatic carbocycles. The first kappa shape index (κ1) is 19.3. The second kappa shape index (κ2) is 8.16. The van der Waals surface area contributed by atoms with Crippen molar-refractivity contribution in [2.24, 2.45) is 5.92 Å². The van der Waals surface area contributed by atoms with Crippen LogP contribution in [0.25, 0.3) is 10.8 Å². The molecule has 7 nitrogen and oxygen atoms in total. The number of aryl methyl sites for hydroxylation is 1. The minimum absolute atomic E-state index is 0.0619. The summed E-state index contributed by atoms with van der Waals surface area (Å²) in [5.41, 5.74) is 0.627. The largest absolute Gasteiger partial charge is 0.496 e. The Labute approximate surface area is 172 Å². The molecule has 29 heavy (non-hydrogen) atoms. The van der Waals surface area contributed by atoms with E-state index in [4.69, 9.17) is 4.74 Å². The lowest BCUT2D eigenvalue weighted by atomic mass is 9.95. The molecule has 0 radical (unpaired) electrons. The number of carbonyl (C=O) groups excluding carboxylic acids is 2. The zero-order valence-electron chi connectivity index (χ0n) is 16.3. The number of amides is 2. The molecule has 1 aromatic heterocycles. The Morgan fingerprint density at radius 1 is 1.17 bits per heavy atom. The SMILES string of the molecule is COc1ccc(C(=O)N2CCCC(C(=O)Nc3nnc(C)s3)C2)c2ccccc12. The quantitative estimate of drug-likeness (QED) is 0.712. The number of benzene rings is 2. The Bertz CT molecular complexity index is 1070. The second-order valence-corrected chi connectivity index (χ2v) is 8.25. The van der Waals surface area contributed by atoms with Crippen LogP contribution in [0.1, 0.15) is 28.2 Å². The third kappa shape index (κ3) is 3.93. The Morgan fingerprint density at radius 3 is 2.69 bits per heavy atom. The first-order chi connectivity index (χ1) is 14.1. The maximum absolute atomic E-state index is 13.3. The molecule has 2 amide bonds. The van der Waals surface area contributed by atoms with Crippen molar-refractivity contribution in [2.45, 2.75) is 19.8 Å². The summed E-state index contributed by atoms with van der Waals surface area (Å²) in [5, 5.41) is 13.7. The van der Waals surface area contributed by atoms with Crippen molar-refractivity contribution < 1.29 is 14.3 Å². The van der Waals surface area contributed by atoms with E-state index in [0.717, 1.165) is 34.4 Å². The van der Waals surface area contributed by atoms with Crippen LogP contribution in [0.2, 0.25) is 0 Å². The summed E-state index contributed by atoms with van der Waals surface area (Å²) in [7, 11) is 1.62. The van der Waals surface area contributed by atoms with Gasteiger partial charge in [-0.25, -0.2) is 0 Å². The predicted molar refractivity (Wildman–Crippen MR) is 112 cm³/mol. The van der Waals surface area contributed by atoms with Crippen LogP contribution in [-0.4, -0.2) is 47.1 Å². The predicted octanol–water partition coefficient (Wildman–Crippen LogP) is 3.50. The molecule has 1 aliphatic heterocycles. The molecule has 3 aromatic rings. The zero-order chi connectivity index (χ0) is 20.4. The van der Waals surface area contributed by atoms with Crippen LogP contribution < -0.4 is 10.1 Å². The molecule has 0 bridgehead atoms. The van der Waals surface area contributed by atoms with Gasteiger partial charge in [0.05, 0.1) is 13.0 Å². The molecule has 1 atom stereocenters. The van der Waals surface area contributed by atoms with Crippen LogP contribution in [0, 0.1) is 12.8 Å². The summed E-state index contributed by atoms with van der Waals surface area (Å²) >= 11 is 1.34. The molecule has 1 aliphatic rings. The number of nitrogens with zero attached hydrogens (tertiary/aromatic N) is 3. The van der Waals surface area contributed by atoms with Gasteiger partial charge in [-0.15, -0.1) is 10.2 Å². The highest BCUT2D eigenvalue weighted by molar-refractivity contribution is 7.15. The number of methoxy groups -OCH3 is 1. The molecule has 0 spiro atoms. The maximum atomic E-state index is 13.3.